The minimum Gasteiger partial charge on any atom is -0.478 e. The molecule has 0 amide bonds. The van der Waals surface area contributed by atoms with Crippen molar-refractivity contribution in [1.82, 2.24) is 0 Å². The molecule has 1 aromatic rings. The first-order valence-electron chi connectivity index (χ1n) is 4.87. The van der Waals surface area contributed by atoms with E-state index in [1.807, 2.05) is 0 Å². The van der Waals surface area contributed by atoms with Crippen LogP contribution in [0.3, 0.4) is 0 Å². The van der Waals surface area contributed by atoms with E-state index < -0.39 is 18.2 Å². The largest absolute Gasteiger partial charge is 0.478 e. The Bertz CT molecular complexity index is 412. The van der Waals surface area contributed by atoms with Crippen LogP contribution in [0.2, 0.25) is 0 Å². The third-order valence-corrected chi connectivity index (χ3v) is 1.95. The first-order valence-corrected chi connectivity index (χ1v) is 4.87. The first-order chi connectivity index (χ1) is 8.00. The normalized spacial score (nSPS) is 10.3. The van der Waals surface area contributed by atoms with Gasteiger partial charge in [-0.05, 0) is 18.2 Å². The summed E-state index contributed by atoms with van der Waals surface area (Å²) in [6, 6.07) is 5.40. The molecule has 0 bridgehead atoms. The molecule has 0 saturated carbocycles. The zero-order valence-electron chi connectivity index (χ0n) is 8.87. The molecule has 0 heterocycles. The van der Waals surface area contributed by atoms with E-state index in [4.69, 9.17) is 20.1 Å². The lowest BCUT2D eigenvalue weighted by molar-refractivity contribution is -0.0562. The van der Waals surface area contributed by atoms with Crippen LogP contribution in [0.4, 0.5) is 0 Å². The van der Waals surface area contributed by atoms with Crippen molar-refractivity contribution in [2.24, 2.45) is 0 Å². The second-order valence-electron chi connectivity index (χ2n) is 3.29. The summed E-state index contributed by atoms with van der Waals surface area (Å²) < 4.78 is 4.72. The van der Waals surface area contributed by atoms with Crippen LogP contribution in [0.25, 0.3) is 0 Å². The number of ether oxygens (including phenoxy) is 1. The van der Waals surface area contributed by atoms with Gasteiger partial charge < -0.3 is 20.1 Å². The van der Waals surface area contributed by atoms with Crippen molar-refractivity contribution >= 4 is 11.9 Å². The number of aliphatic hydroxyl groups is 2. The van der Waals surface area contributed by atoms with Gasteiger partial charge in [0.2, 0.25) is 0 Å². The fraction of sp³-hybridized carbons (Fsp3) is 0.273. The van der Waals surface area contributed by atoms with Crippen LogP contribution < -0.4 is 0 Å². The van der Waals surface area contributed by atoms with Crippen LogP contribution in [-0.2, 0) is 4.74 Å². The number of aromatic carboxylic acids is 1. The van der Waals surface area contributed by atoms with Gasteiger partial charge in [0.05, 0.1) is 17.7 Å². The van der Waals surface area contributed by atoms with Gasteiger partial charge in [0.25, 0.3) is 0 Å². The van der Waals surface area contributed by atoms with E-state index in [9.17, 15) is 9.59 Å². The molecule has 6 heteroatoms. The summed E-state index contributed by atoms with van der Waals surface area (Å²) in [5.74, 6) is -1.83. The quantitative estimate of drug-likeness (QED) is 0.503. The van der Waals surface area contributed by atoms with Crippen LogP contribution in [0.5, 0.6) is 0 Å². The van der Waals surface area contributed by atoms with Gasteiger partial charge in [0, 0.05) is 6.42 Å². The van der Waals surface area contributed by atoms with Crippen molar-refractivity contribution in [3.05, 3.63) is 35.4 Å². The minimum atomic E-state index is -1.53. The highest BCUT2D eigenvalue weighted by Gasteiger charge is 2.10. The predicted molar refractivity (Wildman–Crippen MR) is 56.5 cm³/mol. The fourth-order valence-electron chi connectivity index (χ4n) is 1.12. The third kappa shape index (κ3) is 4.21. The molecular formula is C11H12O6. The van der Waals surface area contributed by atoms with Crippen molar-refractivity contribution in [3.63, 3.8) is 0 Å². The molecule has 6 nitrogen and oxygen atoms in total. The Hall–Kier alpha value is -1.92. The van der Waals surface area contributed by atoms with Gasteiger partial charge in [0.1, 0.15) is 0 Å². The zero-order chi connectivity index (χ0) is 12.8. The van der Waals surface area contributed by atoms with Crippen molar-refractivity contribution in [1.29, 1.82) is 0 Å². The summed E-state index contributed by atoms with van der Waals surface area (Å²) in [7, 11) is 0. The van der Waals surface area contributed by atoms with Crippen molar-refractivity contribution in [2.75, 3.05) is 6.61 Å². The number of rotatable bonds is 5. The second-order valence-corrected chi connectivity index (χ2v) is 3.29. The van der Waals surface area contributed by atoms with E-state index in [0.29, 0.717) is 0 Å². The number of esters is 1. The summed E-state index contributed by atoms with van der Waals surface area (Å²) in [5.41, 5.74) is 0.0963. The Morgan fingerprint density at radius 2 is 1.88 bits per heavy atom. The maximum absolute atomic E-state index is 11.4. The molecule has 0 unspecified atom stereocenters. The minimum absolute atomic E-state index is 0.0124. The molecule has 0 fully saturated rings. The van der Waals surface area contributed by atoms with Gasteiger partial charge in [-0.3, -0.25) is 0 Å². The predicted octanol–water partition coefficient (Wildman–Crippen LogP) is 0.242. The lowest BCUT2D eigenvalue weighted by Gasteiger charge is -2.06. The van der Waals surface area contributed by atoms with E-state index in [0.717, 1.165) is 0 Å². The molecular weight excluding hydrogens is 228 g/mol. The van der Waals surface area contributed by atoms with E-state index in [1.54, 1.807) is 0 Å². The number of hydrogen-bond acceptors (Lipinski definition) is 5. The molecule has 3 N–H and O–H groups in total. The molecule has 92 valence electrons. The lowest BCUT2D eigenvalue weighted by atomic mass is 10.1. The molecule has 0 aliphatic carbocycles. The Morgan fingerprint density at radius 3 is 2.47 bits per heavy atom. The molecule has 0 spiro atoms. The van der Waals surface area contributed by atoms with Gasteiger partial charge in [-0.1, -0.05) is 6.07 Å². The molecule has 0 aliphatic heterocycles. The Morgan fingerprint density at radius 1 is 1.24 bits per heavy atom. The van der Waals surface area contributed by atoms with Crippen LogP contribution in [-0.4, -0.2) is 40.2 Å². The zero-order valence-corrected chi connectivity index (χ0v) is 8.87. The highest BCUT2D eigenvalue weighted by Crippen LogP contribution is 2.07. The first kappa shape index (κ1) is 13.1. The fourth-order valence-corrected chi connectivity index (χ4v) is 1.12. The van der Waals surface area contributed by atoms with E-state index in [-0.39, 0.29) is 24.2 Å². The topological polar surface area (TPSA) is 104 Å². The van der Waals surface area contributed by atoms with Crippen molar-refractivity contribution < 1.29 is 29.6 Å². The van der Waals surface area contributed by atoms with Crippen molar-refractivity contribution in [3.8, 4) is 0 Å². The lowest BCUT2D eigenvalue weighted by Crippen LogP contribution is -2.13. The number of benzene rings is 1. The van der Waals surface area contributed by atoms with Crippen LogP contribution >= 0.6 is 0 Å². The number of carbonyl (C=O) groups excluding carboxylic acids is 1. The monoisotopic (exact) mass is 240 g/mol. The van der Waals surface area contributed by atoms with Gasteiger partial charge >= 0.3 is 11.9 Å². The number of carboxylic acid groups (broad SMARTS) is 1. The van der Waals surface area contributed by atoms with Gasteiger partial charge in [-0.25, -0.2) is 9.59 Å². The summed E-state index contributed by atoms with van der Waals surface area (Å²) in [5, 5.41) is 25.8. The van der Waals surface area contributed by atoms with Crippen molar-refractivity contribution in [2.45, 2.75) is 12.7 Å². The van der Waals surface area contributed by atoms with Gasteiger partial charge in [-0.2, -0.15) is 0 Å². The van der Waals surface area contributed by atoms with Gasteiger partial charge in [-0.15, -0.1) is 0 Å². The van der Waals surface area contributed by atoms with Crippen LogP contribution in [0.15, 0.2) is 24.3 Å². The molecule has 1 aromatic carbocycles. The standard InChI is InChI=1S/C11H12O6/c12-9(13)4-5-17-11(16)8-3-1-2-7(6-8)10(14)15/h1-3,6,9,12-13H,4-5H2,(H,14,15). The molecule has 0 aliphatic rings. The number of aliphatic hydroxyl groups excluding tert-OH is 1. The molecule has 17 heavy (non-hydrogen) atoms. The Labute approximate surface area is 97.1 Å². The third-order valence-electron chi connectivity index (χ3n) is 1.95. The summed E-state index contributed by atoms with van der Waals surface area (Å²) in [4.78, 5) is 22.1. The maximum atomic E-state index is 11.4. The van der Waals surface area contributed by atoms with Crippen LogP contribution in [0, 0.1) is 0 Å². The summed E-state index contributed by atoms with van der Waals surface area (Å²) in [6.07, 6.45) is -1.63. The van der Waals surface area contributed by atoms with Crippen LogP contribution in [0.1, 0.15) is 27.1 Å². The van der Waals surface area contributed by atoms with E-state index >= 15 is 0 Å². The van der Waals surface area contributed by atoms with Gasteiger partial charge in [0.15, 0.2) is 6.29 Å². The molecule has 0 saturated heterocycles. The van der Waals surface area contributed by atoms with E-state index in [2.05, 4.69) is 0 Å². The SMILES string of the molecule is O=C(O)c1cccc(C(=O)OCCC(O)O)c1. The highest BCUT2D eigenvalue weighted by molar-refractivity contribution is 5.94. The Kier molecular flexibility index (Phi) is 4.62. The number of carbonyl (C=O) groups is 2. The average molecular weight is 240 g/mol. The Balaban J connectivity index is 2.63. The molecule has 1 rings (SSSR count). The van der Waals surface area contributed by atoms with E-state index in [1.165, 1.54) is 24.3 Å². The summed E-state index contributed by atoms with van der Waals surface area (Å²) >= 11 is 0. The molecule has 0 atom stereocenters. The molecule has 0 radical (unpaired) electrons. The number of carboxylic acids is 1. The molecule has 0 aromatic heterocycles. The smallest absolute Gasteiger partial charge is 0.338 e. The number of hydrogen-bond donors (Lipinski definition) is 3. The highest BCUT2D eigenvalue weighted by atomic mass is 16.5. The summed E-state index contributed by atoms with van der Waals surface area (Å²) in [6.45, 7) is -0.145. The maximum Gasteiger partial charge on any atom is 0.338 e. The second kappa shape index (κ2) is 5.97. The average Bonchev–Trinajstić information content (AvgIpc) is 2.28.